The average Bonchev–Trinajstić information content (AvgIpc) is 2.48. The zero-order valence-electron chi connectivity index (χ0n) is 11.9. The van der Waals surface area contributed by atoms with Gasteiger partial charge in [-0.05, 0) is 37.1 Å². The summed E-state index contributed by atoms with van der Waals surface area (Å²) in [6, 6.07) is 15.3. The smallest absolute Gasteiger partial charge is 0.250 e. The summed E-state index contributed by atoms with van der Waals surface area (Å²) in [5.74, 6) is 0. The lowest BCUT2D eigenvalue weighted by atomic mass is 9.97. The number of benzene rings is 2. The summed E-state index contributed by atoms with van der Waals surface area (Å²) in [5, 5.41) is 3.07. The van der Waals surface area contributed by atoms with Gasteiger partial charge in [0, 0.05) is 5.69 Å². The molecule has 0 atom stereocenters. The second-order valence-corrected chi connectivity index (χ2v) is 5.27. The zero-order chi connectivity index (χ0) is 15.0. The standard InChI is InChI=1S/C18H15NO2/c1-11-6-8-13(9-7-11)15-16(18(21)17(15)20)19-14-5-3-4-12(2)10-14/h3-10,19H,1-2H3. The van der Waals surface area contributed by atoms with E-state index >= 15 is 0 Å². The van der Waals surface area contributed by atoms with E-state index < -0.39 is 10.9 Å². The maximum Gasteiger partial charge on any atom is 0.250 e. The molecule has 3 aromatic carbocycles. The molecular weight excluding hydrogens is 262 g/mol. The molecule has 0 aliphatic heterocycles. The summed E-state index contributed by atoms with van der Waals surface area (Å²) in [7, 11) is 0. The summed E-state index contributed by atoms with van der Waals surface area (Å²) in [5.41, 5.74) is 3.79. The van der Waals surface area contributed by atoms with Crippen LogP contribution >= 0.6 is 0 Å². The fourth-order valence-electron chi connectivity index (χ4n) is 2.37. The summed E-state index contributed by atoms with van der Waals surface area (Å²) in [6.45, 7) is 3.96. The van der Waals surface area contributed by atoms with E-state index in [9.17, 15) is 9.59 Å². The Morgan fingerprint density at radius 3 is 2.19 bits per heavy atom. The van der Waals surface area contributed by atoms with Crippen LogP contribution in [0.1, 0.15) is 11.1 Å². The van der Waals surface area contributed by atoms with Crippen LogP contribution in [-0.4, -0.2) is 0 Å². The molecule has 0 aliphatic rings. The van der Waals surface area contributed by atoms with Crippen LogP contribution in [0.5, 0.6) is 0 Å². The summed E-state index contributed by atoms with van der Waals surface area (Å²) in [4.78, 5) is 23.7. The molecule has 3 aromatic rings. The van der Waals surface area contributed by atoms with Crippen LogP contribution < -0.4 is 16.2 Å². The highest BCUT2D eigenvalue weighted by atomic mass is 16.2. The second kappa shape index (κ2) is 5.02. The number of hydrogen-bond donors (Lipinski definition) is 1. The fourth-order valence-corrected chi connectivity index (χ4v) is 2.37. The van der Waals surface area contributed by atoms with Gasteiger partial charge in [0.25, 0.3) is 5.43 Å². The predicted molar refractivity (Wildman–Crippen MR) is 86.0 cm³/mol. The molecule has 0 amide bonds. The monoisotopic (exact) mass is 277 g/mol. The fraction of sp³-hybridized carbons (Fsp3) is 0.111. The summed E-state index contributed by atoms with van der Waals surface area (Å²) >= 11 is 0. The maximum atomic E-state index is 11.9. The number of anilines is 2. The first-order valence-corrected chi connectivity index (χ1v) is 6.80. The van der Waals surface area contributed by atoms with E-state index in [1.54, 1.807) is 0 Å². The van der Waals surface area contributed by atoms with Crippen molar-refractivity contribution in [1.29, 1.82) is 0 Å². The Hall–Kier alpha value is -2.68. The van der Waals surface area contributed by atoms with Crippen LogP contribution in [-0.2, 0) is 0 Å². The first-order chi connectivity index (χ1) is 10.1. The molecule has 21 heavy (non-hydrogen) atoms. The highest BCUT2D eigenvalue weighted by Gasteiger charge is 2.22. The van der Waals surface area contributed by atoms with E-state index in [1.807, 2.05) is 62.4 Å². The van der Waals surface area contributed by atoms with Gasteiger partial charge in [0.2, 0.25) is 5.43 Å². The molecule has 0 heterocycles. The molecule has 0 radical (unpaired) electrons. The Labute approximate surface area is 122 Å². The highest BCUT2D eigenvalue weighted by molar-refractivity contribution is 5.84. The van der Waals surface area contributed by atoms with Crippen molar-refractivity contribution in [1.82, 2.24) is 0 Å². The van der Waals surface area contributed by atoms with Gasteiger partial charge < -0.3 is 5.32 Å². The molecule has 3 nitrogen and oxygen atoms in total. The quantitative estimate of drug-likeness (QED) is 0.747. The third kappa shape index (κ3) is 2.38. The summed E-state index contributed by atoms with van der Waals surface area (Å²) in [6.07, 6.45) is 0. The van der Waals surface area contributed by atoms with Gasteiger partial charge in [-0.1, -0.05) is 42.0 Å². The van der Waals surface area contributed by atoms with Crippen molar-refractivity contribution in [3.8, 4) is 11.1 Å². The third-order valence-electron chi connectivity index (χ3n) is 3.54. The van der Waals surface area contributed by atoms with E-state index in [-0.39, 0.29) is 0 Å². The van der Waals surface area contributed by atoms with Crippen molar-refractivity contribution < 1.29 is 0 Å². The lowest BCUT2D eigenvalue weighted by Gasteiger charge is -2.14. The number of nitrogens with one attached hydrogen (secondary N) is 1. The van der Waals surface area contributed by atoms with E-state index in [2.05, 4.69) is 5.32 Å². The molecule has 0 fully saturated rings. The van der Waals surface area contributed by atoms with E-state index in [0.29, 0.717) is 11.3 Å². The van der Waals surface area contributed by atoms with Gasteiger partial charge in [-0.3, -0.25) is 9.59 Å². The van der Waals surface area contributed by atoms with Gasteiger partial charge >= 0.3 is 0 Å². The van der Waals surface area contributed by atoms with Crippen molar-refractivity contribution in [2.45, 2.75) is 13.8 Å². The van der Waals surface area contributed by atoms with Crippen LogP contribution in [0.3, 0.4) is 0 Å². The van der Waals surface area contributed by atoms with Crippen molar-refractivity contribution >= 4 is 11.4 Å². The van der Waals surface area contributed by atoms with Crippen LogP contribution in [0.2, 0.25) is 0 Å². The normalized spacial score (nSPS) is 10.8. The van der Waals surface area contributed by atoms with Crippen molar-refractivity contribution in [3.05, 3.63) is 80.1 Å². The van der Waals surface area contributed by atoms with Gasteiger partial charge in [-0.15, -0.1) is 0 Å². The molecule has 0 aromatic heterocycles. The first kappa shape index (κ1) is 13.3. The van der Waals surface area contributed by atoms with Crippen LogP contribution in [0.4, 0.5) is 11.4 Å². The molecule has 3 heteroatoms. The zero-order valence-corrected chi connectivity index (χ0v) is 11.9. The molecule has 1 N–H and O–H groups in total. The number of rotatable bonds is 3. The van der Waals surface area contributed by atoms with Gasteiger partial charge in [-0.25, -0.2) is 0 Å². The minimum atomic E-state index is -0.452. The van der Waals surface area contributed by atoms with Crippen LogP contribution in [0, 0.1) is 13.8 Å². The van der Waals surface area contributed by atoms with E-state index in [1.165, 1.54) is 0 Å². The molecule has 0 bridgehead atoms. The van der Waals surface area contributed by atoms with Crippen LogP contribution in [0.25, 0.3) is 11.1 Å². The molecular formula is C18H15NO2. The van der Waals surface area contributed by atoms with Gasteiger partial charge in [0.15, 0.2) is 0 Å². The van der Waals surface area contributed by atoms with E-state index in [0.717, 1.165) is 22.4 Å². The highest BCUT2D eigenvalue weighted by Crippen LogP contribution is 2.26. The minimum Gasteiger partial charge on any atom is -0.352 e. The molecule has 3 rings (SSSR count). The lowest BCUT2D eigenvalue weighted by Crippen LogP contribution is -2.35. The van der Waals surface area contributed by atoms with Gasteiger partial charge in [0.1, 0.15) is 5.69 Å². The molecule has 0 unspecified atom stereocenters. The largest absolute Gasteiger partial charge is 0.352 e. The molecule has 0 saturated heterocycles. The molecule has 104 valence electrons. The number of hydrogen-bond acceptors (Lipinski definition) is 3. The Balaban J connectivity index is 2.01. The SMILES string of the molecule is Cc1ccc(-c2c(Nc3cccc(C)c3)c(=O)c2=O)cc1. The van der Waals surface area contributed by atoms with E-state index in [4.69, 9.17) is 0 Å². The minimum absolute atomic E-state index is 0.384. The van der Waals surface area contributed by atoms with Crippen LogP contribution in [0.15, 0.2) is 58.1 Å². The second-order valence-electron chi connectivity index (χ2n) is 5.27. The van der Waals surface area contributed by atoms with Crippen molar-refractivity contribution in [2.24, 2.45) is 0 Å². The molecule has 0 aliphatic carbocycles. The Morgan fingerprint density at radius 1 is 0.810 bits per heavy atom. The Morgan fingerprint density at radius 2 is 1.52 bits per heavy atom. The Bertz CT molecular complexity index is 869. The van der Waals surface area contributed by atoms with Crippen molar-refractivity contribution in [2.75, 3.05) is 5.32 Å². The molecule has 0 spiro atoms. The predicted octanol–water partition coefficient (Wildman–Crippen LogP) is 3.31. The van der Waals surface area contributed by atoms with Gasteiger partial charge in [0.05, 0.1) is 5.56 Å². The summed E-state index contributed by atoms with van der Waals surface area (Å²) < 4.78 is 0. The third-order valence-corrected chi connectivity index (χ3v) is 3.54. The van der Waals surface area contributed by atoms with Crippen molar-refractivity contribution in [3.63, 3.8) is 0 Å². The molecule has 0 saturated carbocycles. The number of aryl methyl sites for hydroxylation is 2. The first-order valence-electron chi connectivity index (χ1n) is 6.80. The topological polar surface area (TPSA) is 46.2 Å². The van der Waals surface area contributed by atoms with Gasteiger partial charge in [-0.2, -0.15) is 0 Å². The average molecular weight is 277 g/mol. The maximum absolute atomic E-state index is 11.9. The lowest BCUT2D eigenvalue weighted by molar-refractivity contribution is 1.36. The Kier molecular flexibility index (Phi) is 3.18.